The fourth-order valence-electron chi connectivity index (χ4n) is 2.92. The number of benzene rings is 2. The van der Waals surface area contributed by atoms with Gasteiger partial charge in [0.1, 0.15) is 0 Å². The van der Waals surface area contributed by atoms with Crippen molar-refractivity contribution in [3.05, 3.63) is 56.5 Å². The van der Waals surface area contributed by atoms with E-state index in [1.54, 1.807) is 4.90 Å². The molecule has 124 valence electrons. The van der Waals surface area contributed by atoms with E-state index in [1.807, 2.05) is 36.4 Å². The van der Waals surface area contributed by atoms with Gasteiger partial charge in [0.2, 0.25) is 11.8 Å². The third kappa shape index (κ3) is 3.70. The first-order valence-electron chi connectivity index (χ1n) is 7.59. The van der Waals surface area contributed by atoms with Crippen molar-refractivity contribution in [2.45, 2.75) is 19.8 Å². The van der Waals surface area contributed by atoms with Crippen molar-refractivity contribution in [3.63, 3.8) is 0 Å². The smallest absolute Gasteiger partial charge is 0.231 e. The van der Waals surface area contributed by atoms with E-state index < -0.39 is 0 Å². The highest BCUT2D eigenvalue weighted by Gasteiger charge is 2.28. The van der Waals surface area contributed by atoms with E-state index in [0.29, 0.717) is 18.7 Å². The Kier molecular flexibility index (Phi) is 5.06. The average molecular weight is 452 g/mol. The number of hydrogen-bond acceptors (Lipinski definition) is 2. The van der Waals surface area contributed by atoms with Crippen LogP contribution < -0.4 is 10.2 Å². The fourth-order valence-corrected chi connectivity index (χ4v) is 3.69. The molecule has 0 atom stereocenters. The summed E-state index contributed by atoms with van der Waals surface area (Å²) in [6, 6.07) is 11.6. The Morgan fingerprint density at radius 3 is 2.50 bits per heavy atom. The summed E-state index contributed by atoms with van der Waals surface area (Å²) in [5.74, 6) is -0.118. The lowest BCUT2D eigenvalue weighted by Gasteiger charge is -2.21. The third-order valence-electron chi connectivity index (χ3n) is 3.91. The maximum atomic E-state index is 12.8. The Bertz CT molecular complexity index is 803. The zero-order valence-electron chi connectivity index (χ0n) is 13.1. The quantitative estimate of drug-likeness (QED) is 0.756. The highest BCUT2D eigenvalue weighted by molar-refractivity contribution is 9.10. The van der Waals surface area contributed by atoms with Crippen LogP contribution in [0.5, 0.6) is 0 Å². The second-order valence-electron chi connectivity index (χ2n) is 5.74. The maximum Gasteiger partial charge on any atom is 0.231 e. The Balaban J connectivity index is 1.88. The molecule has 0 unspecified atom stereocenters. The number of rotatable bonds is 3. The molecular weight excluding hydrogens is 436 g/mol. The number of hydrogen-bond donors (Lipinski definition) is 1. The number of carbonyl (C=O) groups is 2. The van der Waals surface area contributed by atoms with Crippen LogP contribution in [0.4, 0.5) is 11.4 Å². The molecule has 0 aliphatic carbocycles. The van der Waals surface area contributed by atoms with E-state index in [2.05, 4.69) is 37.2 Å². The molecule has 3 rings (SSSR count). The third-order valence-corrected chi connectivity index (χ3v) is 4.90. The van der Waals surface area contributed by atoms with Crippen molar-refractivity contribution < 1.29 is 9.59 Å². The summed E-state index contributed by atoms with van der Waals surface area (Å²) in [5.41, 5.74) is 3.52. The molecule has 0 aromatic heterocycles. The van der Waals surface area contributed by atoms with E-state index in [-0.39, 0.29) is 11.8 Å². The minimum Gasteiger partial charge on any atom is -0.324 e. The second-order valence-corrected chi connectivity index (χ2v) is 7.57. The van der Waals surface area contributed by atoms with Crippen LogP contribution in [0.3, 0.4) is 0 Å². The molecule has 1 aliphatic rings. The highest BCUT2D eigenvalue weighted by atomic mass is 79.9. The Morgan fingerprint density at radius 2 is 1.83 bits per heavy atom. The molecule has 0 radical (unpaired) electrons. The monoisotopic (exact) mass is 450 g/mol. The van der Waals surface area contributed by atoms with Gasteiger partial charge in [0, 0.05) is 22.4 Å². The molecular formula is C18H16Br2N2O2. The summed E-state index contributed by atoms with van der Waals surface area (Å²) in [7, 11) is 0. The van der Waals surface area contributed by atoms with Crippen LogP contribution in [-0.4, -0.2) is 18.4 Å². The maximum absolute atomic E-state index is 12.8. The summed E-state index contributed by atoms with van der Waals surface area (Å²) in [6.45, 7) is 2.10. The van der Waals surface area contributed by atoms with Gasteiger partial charge in [0.15, 0.2) is 0 Å². The molecule has 0 saturated carbocycles. The molecule has 0 saturated heterocycles. The van der Waals surface area contributed by atoms with Gasteiger partial charge in [-0.25, -0.2) is 0 Å². The first-order valence-corrected chi connectivity index (χ1v) is 9.17. The first kappa shape index (κ1) is 17.2. The van der Waals surface area contributed by atoms with Gasteiger partial charge in [-0.15, -0.1) is 0 Å². The summed E-state index contributed by atoms with van der Waals surface area (Å²) >= 11 is 6.86. The number of anilines is 2. The van der Waals surface area contributed by atoms with Gasteiger partial charge in [0.25, 0.3) is 0 Å². The molecule has 6 heteroatoms. The topological polar surface area (TPSA) is 49.4 Å². The normalized spacial score (nSPS) is 12.9. The SMILES string of the molecule is CC(=O)Nc1cc(Br)cc2c1N(C(=O)Cc1ccc(Br)cc1)CC2. The molecule has 0 fully saturated rings. The Labute approximate surface area is 157 Å². The molecule has 2 aromatic carbocycles. The number of amides is 2. The van der Waals surface area contributed by atoms with Gasteiger partial charge in [-0.2, -0.15) is 0 Å². The van der Waals surface area contributed by atoms with Crippen molar-refractivity contribution in [2.75, 3.05) is 16.8 Å². The predicted molar refractivity (Wildman–Crippen MR) is 102 cm³/mol. The lowest BCUT2D eigenvalue weighted by atomic mass is 10.1. The van der Waals surface area contributed by atoms with Gasteiger partial charge in [-0.3, -0.25) is 9.59 Å². The zero-order valence-corrected chi connectivity index (χ0v) is 16.3. The highest BCUT2D eigenvalue weighted by Crippen LogP contribution is 2.38. The summed E-state index contributed by atoms with van der Waals surface area (Å²) in [6.07, 6.45) is 1.12. The Morgan fingerprint density at radius 1 is 1.12 bits per heavy atom. The molecule has 4 nitrogen and oxygen atoms in total. The van der Waals surface area contributed by atoms with Gasteiger partial charge in [-0.05, 0) is 41.8 Å². The molecule has 0 bridgehead atoms. The standard InChI is InChI=1S/C18H16Br2N2O2/c1-11(23)21-16-10-15(20)9-13-6-7-22(18(13)16)17(24)8-12-2-4-14(19)5-3-12/h2-5,9-10H,6-8H2,1H3,(H,21,23). The average Bonchev–Trinajstić information content (AvgIpc) is 2.93. The molecule has 24 heavy (non-hydrogen) atoms. The number of fused-ring (bicyclic) bond motifs is 1. The van der Waals surface area contributed by atoms with Crippen LogP contribution in [0.2, 0.25) is 0 Å². The van der Waals surface area contributed by atoms with Crippen molar-refractivity contribution >= 4 is 55.0 Å². The van der Waals surface area contributed by atoms with E-state index >= 15 is 0 Å². The van der Waals surface area contributed by atoms with Gasteiger partial charge in [-0.1, -0.05) is 44.0 Å². The van der Waals surface area contributed by atoms with Crippen molar-refractivity contribution in [2.24, 2.45) is 0 Å². The molecule has 2 amide bonds. The van der Waals surface area contributed by atoms with Crippen LogP contribution in [0.15, 0.2) is 45.3 Å². The molecule has 1 N–H and O–H groups in total. The lowest BCUT2D eigenvalue weighted by Crippen LogP contribution is -2.31. The van der Waals surface area contributed by atoms with E-state index in [9.17, 15) is 9.59 Å². The number of nitrogens with zero attached hydrogens (tertiary/aromatic N) is 1. The second kappa shape index (κ2) is 7.07. The number of halogens is 2. The van der Waals surface area contributed by atoms with Crippen LogP contribution in [0, 0.1) is 0 Å². The summed E-state index contributed by atoms with van der Waals surface area (Å²) in [4.78, 5) is 26.0. The zero-order chi connectivity index (χ0) is 17.3. The van der Waals surface area contributed by atoms with Gasteiger partial charge >= 0.3 is 0 Å². The summed E-state index contributed by atoms with van der Waals surface area (Å²) in [5, 5.41) is 2.83. The van der Waals surface area contributed by atoms with E-state index in [4.69, 9.17) is 0 Å². The van der Waals surface area contributed by atoms with Crippen LogP contribution in [-0.2, 0) is 22.4 Å². The van der Waals surface area contributed by atoms with E-state index in [0.717, 1.165) is 32.2 Å². The summed E-state index contributed by atoms with van der Waals surface area (Å²) < 4.78 is 1.88. The predicted octanol–water partition coefficient (Wildman–Crippen LogP) is 4.30. The number of carbonyl (C=O) groups excluding carboxylic acids is 2. The molecule has 2 aromatic rings. The van der Waals surface area contributed by atoms with Crippen molar-refractivity contribution in [1.82, 2.24) is 0 Å². The van der Waals surface area contributed by atoms with E-state index in [1.165, 1.54) is 6.92 Å². The van der Waals surface area contributed by atoms with Crippen molar-refractivity contribution in [3.8, 4) is 0 Å². The fraction of sp³-hybridized carbons (Fsp3) is 0.222. The largest absolute Gasteiger partial charge is 0.324 e. The minimum atomic E-state index is -0.150. The molecule has 0 spiro atoms. The first-order chi connectivity index (χ1) is 11.4. The molecule has 1 heterocycles. The number of nitrogens with one attached hydrogen (secondary N) is 1. The van der Waals surface area contributed by atoms with Crippen LogP contribution >= 0.6 is 31.9 Å². The van der Waals surface area contributed by atoms with Crippen LogP contribution in [0.1, 0.15) is 18.1 Å². The lowest BCUT2D eigenvalue weighted by molar-refractivity contribution is -0.118. The minimum absolute atomic E-state index is 0.0324. The molecule has 1 aliphatic heterocycles. The van der Waals surface area contributed by atoms with Gasteiger partial charge in [0.05, 0.1) is 17.8 Å². The van der Waals surface area contributed by atoms with Crippen molar-refractivity contribution in [1.29, 1.82) is 0 Å². The Hall–Kier alpha value is -1.66. The van der Waals surface area contributed by atoms with Crippen LogP contribution in [0.25, 0.3) is 0 Å². The van der Waals surface area contributed by atoms with Gasteiger partial charge < -0.3 is 10.2 Å².